The molecule has 33 heavy (non-hydrogen) atoms. The van der Waals surface area contributed by atoms with Crippen LogP contribution in [0.2, 0.25) is 0 Å². The van der Waals surface area contributed by atoms with E-state index in [0.717, 1.165) is 23.0 Å². The van der Waals surface area contributed by atoms with E-state index in [2.05, 4.69) is 0 Å². The van der Waals surface area contributed by atoms with Gasteiger partial charge >= 0.3 is 5.72 Å². The molecule has 3 atom stereocenters. The Kier molecular flexibility index (Phi) is 4.19. The normalized spacial score (nSPS) is 26.6. The number of hydrogen-bond acceptors (Lipinski definition) is 6. The first kappa shape index (κ1) is 20.0. The van der Waals surface area contributed by atoms with Gasteiger partial charge in [-0.15, -0.1) is 11.8 Å². The van der Waals surface area contributed by atoms with Gasteiger partial charge in [-0.2, -0.15) is 0 Å². The smallest absolute Gasteiger partial charge is 0.422 e. The maximum atomic E-state index is 14.3. The van der Waals surface area contributed by atoms with E-state index >= 15 is 0 Å². The molecule has 1 amide bonds. The number of carbonyl (C=O) groups excluding carboxylic acids is 1. The third kappa shape index (κ3) is 2.41. The topological polar surface area (TPSA) is 85.0 Å². The second-order valence-electron chi connectivity index (χ2n) is 8.31. The van der Waals surface area contributed by atoms with Gasteiger partial charge in [-0.05, 0) is 24.0 Å². The Hall–Kier alpha value is -3.65. The van der Waals surface area contributed by atoms with Crippen LogP contribution in [0.1, 0.15) is 22.6 Å². The summed E-state index contributed by atoms with van der Waals surface area (Å²) in [6.45, 7) is 0.350. The molecule has 0 fully saturated rings. The van der Waals surface area contributed by atoms with Crippen molar-refractivity contribution in [2.45, 2.75) is 23.7 Å². The van der Waals surface area contributed by atoms with Crippen LogP contribution >= 0.6 is 11.8 Å². The van der Waals surface area contributed by atoms with Crippen LogP contribution in [-0.2, 0) is 16.9 Å². The molecule has 0 unspecified atom stereocenters. The minimum atomic E-state index is -1.94. The van der Waals surface area contributed by atoms with Crippen molar-refractivity contribution in [2.75, 3.05) is 11.2 Å². The predicted molar refractivity (Wildman–Crippen MR) is 126 cm³/mol. The molecule has 7 nitrogen and oxygen atoms in total. The molecule has 0 radical (unpaired) electrons. The lowest BCUT2D eigenvalue weighted by Gasteiger charge is -2.28. The second kappa shape index (κ2) is 6.92. The zero-order valence-electron chi connectivity index (χ0n) is 17.7. The molecule has 164 valence electrons. The molecular formula is C25H19N3O4S. The highest BCUT2D eigenvalue weighted by molar-refractivity contribution is 8.13. The Balaban J connectivity index is 1.61. The lowest BCUT2D eigenvalue weighted by molar-refractivity contribution is -0.590. The molecule has 3 aliphatic heterocycles. The van der Waals surface area contributed by atoms with Crippen LogP contribution in [0.15, 0.2) is 83.9 Å². The highest BCUT2D eigenvalue weighted by Crippen LogP contribution is 2.64. The number of rotatable bonds is 3. The van der Waals surface area contributed by atoms with Crippen molar-refractivity contribution >= 4 is 28.4 Å². The van der Waals surface area contributed by atoms with E-state index in [-0.39, 0.29) is 11.0 Å². The van der Waals surface area contributed by atoms with Gasteiger partial charge in [0.15, 0.2) is 10.6 Å². The minimum absolute atomic E-state index is 0.207. The van der Waals surface area contributed by atoms with Gasteiger partial charge in [-0.25, -0.2) is 4.99 Å². The summed E-state index contributed by atoms with van der Waals surface area (Å²) < 4.78 is 6.07. The molecular weight excluding hydrogens is 438 g/mol. The number of fused-ring (bicyclic) bond motifs is 6. The average Bonchev–Trinajstić information content (AvgIpc) is 3.42. The first-order chi connectivity index (χ1) is 16.0. The average molecular weight is 458 g/mol. The summed E-state index contributed by atoms with van der Waals surface area (Å²) in [4.78, 5) is 33.1. The van der Waals surface area contributed by atoms with Crippen LogP contribution in [0.3, 0.4) is 0 Å². The molecule has 1 spiro atoms. The molecule has 3 aromatic carbocycles. The molecule has 3 heterocycles. The fourth-order valence-corrected chi connectivity index (χ4v) is 6.18. The molecule has 3 aromatic rings. The van der Waals surface area contributed by atoms with Gasteiger partial charge in [0.25, 0.3) is 5.91 Å². The second-order valence-corrected chi connectivity index (χ2v) is 9.10. The number of ether oxygens (including phenoxy) is 1. The Morgan fingerprint density at radius 1 is 1.06 bits per heavy atom. The van der Waals surface area contributed by atoms with Crippen LogP contribution < -0.4 is 9.64 Å². The highest BCUT2D eigenvalue weighted by atomic mass is 32.2. The SMILES string of the molecule is CSC1=N[C@@]2(C(=O)N(Cc3ccccc3)c3ccccc32)[C@@H]2c3ccccc3O[C@]12[N+](=O)[O-]. The molecule has 0 aliphatic carbocycles. The van der Waals surface area contributed by atoms with E-state index in [9.17, 15) is 14.9 Å². The van der Waals surface area contributed by atoms with Crippen molar-refractivity contribution in [3.05, 3.63) is 106 Å². The number of amides is 1. The maximum absolute atomic E-state index is 14.3. The minimum Gasteiger partial charge on any atom is -0.422 e. The van der Waals surface area contributed by atoms with E-state index in [0.29, 0.717) is 23.4 Å². The van der Waals surface area contributed by atoms with Crippen LogP contribution in [0.4, 0.5) is 5.69 Å². The number of thioether (sulfide) groups is 1. The van der Waals surface area contributed by atoms with Crippen LogP contribution in [0.25, 0.3) is 0 Å². The third-order valence-corrected chi connectivity index (χ3v) is 7.48. The van der Waals surface area contributed by atoms with E-state index < -0.39 is 22.1 Å². The Bertz CT molecular complexity index is 1340. The van der Waals surface area contributed by atoms with E-state index in [1.807, 2.05) is 66.7 Å². The monoisotopic (exact) mass is 457 g/mol. The lowest BCUT2D eigenvalue weighted by Crippen LogP contribution is -2.54. The summed E-state index contributed by atoms with van der Waals surface area (Å²) in [5, 5.41) is 12.8. The number of nitrogens with zero attached hydrogens (tertiary/aromatic N) is 3. The van der Waals surface area contributed by atoms with Gasteiger partial charge in [0, 0.05) is 11.1 Å². The summed E-state index contributed by atoms with van der Waals surface area (Å²) in [7, 11) is 0. The first-order valence-electron chi connectivity index (χ1n) is 10.6. The van der Waals surface area contributed by atoms with Crippen molar-refractivity contribution in [1.82, 2.24) is 0 Å². The number of para-hydroxylation sites is 2. The molecule has 0 saturated heterocycles. The fraction of sp³-hybridized carbons (Fsp3) is 0.200. The van der Waals surface area contributed by atoms with E-state index in [4.69, 9.17) is 9.73 Å². The maximum Gasteiger partial charge on any atom is 0.422 e. The van der Waals surface area contributed by atoms with Gasteiger partial charge in [0.1, 0.15) is 11.7 Å². The van der Waals surface area contributed by atoms with Crippen molar-refractivity contribution in [3.8, 4) is 5.75 Å². The highest BCUT2D eigenvalue weighted by Gasteiger charge is 2.79. The largest absolute Gasteiger partial charge is 0.422 e. The van der Waals surface area contributed by atoms with Crippen LogP contribution in [-0.4, -0.2) is 27.9 Å². The van der Waals surface area contributed by atoms with Gasteiger partial charge < -0.3 is 9.64 Å². The van der Waals surface area contributed by atoms with Crippen molar-refractivity contribution in [3.63, 3.8) is 0 Å². The lowest BCUT2D eigenvalue weighted by atomic mass is 9.73. The quantitative estimate of drug-likeness (QED) is 0.431. The molecule has 0 N–H and O–H groups in total. The summed E-state index contributed by atoms with van der Waals surface area (Å²) >= 11 is 1.16. The number of hydrogen-bond donors (Lipinski definition) is 0. The number of nitro groups is 1. The van der Waals surface area contributed by atoms with Crippen molar-refractivity contribution < 1.29 is 14.5 Å². The molecule has 0 aromatic heterocycles. The van der Waals surface area contributed by atoms with E-state index in [1.54, 1.807) is 23.3 Å². The molecule has 6 rings (SSSR count). The predicted octanol–water partition coefficient (Wildman–Crippen LogP) is 4.35. The van der Waals surface area contributed by atoms with Crippen molar-refractivity contribution in [2.24, 2.45) is 4.99 Å². The summed E-state index contributed by atoms with van der Waals surface area (Å²) in [6, 6.07) is 24.3. The van der Waals surface area contributed by atoms with Gasteiger partial charge in [0.05, 0.1) is 17.2 Å². The van der Waals surface area contributed by atoms with Gasteiger partial charge in [-0.3, -0.25) is 14.9 Å². The number of aliphatic imine (C=N–C) groups is 1. The molecule has 0 saturated carbocycles. The number of benzene rings is 3. The number of carbonyl (C=O) groups is 1. The summed E-state index contributed by atoms with van der Waals surface area (Å²) in [6.07, 6.45) is 1.74. The molecule has 8 heteroatoms. The Morgan fingerprint density at radius 2 is 1.76 bits per heavy atom. The zero-order chi connectivity index (χ0) is 22.8. The Labute approximate surface area is 194 Å². The van der Waals surface area contributed by atoms with Gasteiger partial charge in [0.2, 0.25) is 0 Å². The third-order valence-electron chi connectivity index (χ3n) is 6.71. The van der Waals surface area contributed by atoms with E-state index in [1.165, 1.54) is 0 Å². The fourth-order valence-electron chi connectivity index (χ4n) is 5.41. The van der Waals surface area contributed by atoms with Gasteiger partial charge in [-0.1, -0.05) is 66.7 Å². The summed E-state index contributed by atoms with van der Waals surface area (Å²) in [5.74, 6) is -0.756. The molecule has 3 aliphatic rings. The number of anilines is 1. The standard InChI is InChI=1S/C25H19N3O4S/c1-33-22-25(28(30)31)21(17-11-5-8-14-20(17)32-25)24(26-22)18-12-6-7-13-19(18)27(23(24)29)15-16-9-3-2-4-10-16/h2-14,21H,15H2,1H3/t21-,24+,25-/m0/s1. The van der Waals surface area contributed by atoms with Crippen molar-refractivity contribution in [1.29, 1.82) is 0 Å². The van der Waals surface area contributed by atoms with Crippen LogP contribution in [0, 0.1) is 10.1 Å². The first-order valence-corrected chi connectivity index (χ1v) is 11.8. The van der Waals surface area contributed by atoms with Crippen LogP contribution in [0.5, 0.6) is 5.75 Å². The zero-order valence-corrected chi connectivity index (χ0v) is 18.5. The molecule has 0 bridgehead atoms. The summed E-state index contributed by atoms with van der Waals surface area (Å²) in [5.41, 5.74) is -0.413. The Morgan fingerprint density at radius 3 is 2.52 bits per heavy atom.